The van der Waals surface area contributed by atoms with Gasteiger partial charge in [-0.2, -0.15) is 0 Å². The third kappa shape index (κ3) is 5.35. The molecule has 1 saturated carbocycles. The monoisotopic (exact) mass is 450 g/mol. The van der Waals surface area contributed by atoms with Crippen molar-refractivity contribution < 1.29 is 24.2 Å². The quantitative estimate of drug-likeness (QED) is 0.509. The Labute approximate surface area is 193 Å². The van der Waals surface area contributed by atoms with Crippen molar-refractivity contribution in [3.05, 3.63) is 59.7 Å². The summed E-state index contributed by atoms with van der Waals surface area (Å²) in [4.78, 5) is 35.8. The number of amides is 2. The number of hydrogen-bond acceptors (Lipinski definition) is 4. The Hall–Kier alpha value is -3.35. The molecular formula is C26H30N2O5. The number of aliphatic carboxylic acids is 1. The number of carbonyl (C=O) groups excluding carboxylic acids is 2. The van der Waals surface area contributed by atoms with Gasteiger partial charge in [0.2, 0.25) is 5.91 Å². The van der Waals surface area contributed by atoms with Crippen molar-refractivity contribution in [2.45, 2.75) is 44.6 Å². The molecule has 2 aromatic rings. The summed E-state index contributed by atoms with van der Waals surface area (Å²) in [5.41, 5.74) is 4.64. The summed E-state index contributed by atoms with van der Waals surface area (Å²) >= 11 is 0. The minimum atomic E-state index is -0.810. The summed E-state index contributed by atoms with van der Waals surface area (Å²) in [7, 11) is 0. The minimum Gasteiger partial charge on any atom is -0.481 e. The topological polar surface area (TPSA) is 105 Å². The van der Waals surface area contributed by atoms with Crippen molar-refractivity contribution in [2.75, 3.05) is 13.2 Å². The van der Waals surface area contributed by atoms with Crippen molar-refractivity contribution in [1.82, 2.24) is 10.6 Å². The Morgan fingerprint density at radius 1 is 1.06 bits per heavy atom. The molecule has 0 saturated heterocycles. The number of benzene rings is 2. The number of ether oxygens (including phenoxy) is 1. The lowest BCUT2D eigenvalue weighted by Gasteiger charge is -2.19. The van der Waals surface area contributed by atoms with Crippen LogP contribution in [0.2, 0.25) is 0 Å². The maximum atomic E-state index is 12.6. The van der Waals surface area contributed by atoms with Gasteiger partial charge in [-0.25, -0.2) is 4.79 Å². The van der Waals surface area contributed by atoms with Crippen LogP contribution in [0.15, 0.2) is 48.5 Å². The van der Waals surface area contributed by atoms with Gasteiger partial charge in [-0.05, 0) is 41.0 Å². The van der Waals surface area contributed by atoms with E-state index in [4.69, 9.17) is 9.84 Å². The Kier molecular flexibility index (Phi) is 6.96. The molecule has 2 amide bonds. The highest BCUT2D eigenvalue weighted by Gasteiger charge is 2.43. The predicted octanol–water partition coefficient (Wildman–Crippen LogP) is 3.92. The van der Waals surface area contributed by atoms with Crippen LogP contribution in [0, 0.1) is 11.8 Å². The fourth-order valence-corrected chi connectivity index (χ4v) is 4.70. The zero-order valence-electron chi connectivity index (χ0n) is 18.8. The molecule has 0 spiro atoms. The number of hydrogen-bond donors (Lipinski definition) is 3. The van der Waals surface area contributed by atoms with E-state index in [1.54, 1.807) is 0 Å². The summed E-state index contributed by atoms with van der Waals surface area (Å²) in [5, 5.41) is 14.6. The van der Waals surface area contributed by atoms with Gasteiger partial charge in [-0.3, -0.25) is 9.59 Å². The van der Waals surface area contributed by atoms with Crippen molar-refractivity contribution in [3.8, 4) is 11.1 Å². The fraction of sp³-hybridized carbons (Fsp3) is 0.423. The van der Waals surface area contributed by atoms with Gasteiger partial charge in [-0.1, -0.05) is 61.9 Å². The van der Waals surface area contributed by atoms with Crippen LogP contribution in [0.5, 0.6) is 0 Å². The fourth-order valence-electron chi connectivity index (χ4n) is 4.70. The third-order valence-electron chi connectivity index (χ3n) is 6.54. The first-order valence-electron chi connectivity index (χ1n) is 11.6. The molecule has 2 aromatic carbocycles. The van der Waals surface area contributed by atoms with E-state index in [0.29, 0.717) is 19.4 Å². The molecule has 0 aliphatic heterocycles. The lowest BCUT2D eigenvalue weighted by molar-refractivity contribution is -0.139. The molecule has 7 nitrogen and oxygen atoms in total. The minimum absolute atomic E-state index is 0.00571. The highest BCUT2D eigenvalue weighted by atomic mass is 16.5. The molecule has 0 radical (unpaired) electrons. The first-order chi connectivity index (χ1) is 16.0. The molecule has 174 valence electrons. The largest absolute Gasteiger partial charge is 0.481 e. The highest BCUT2D eigenvalue weighted by Crippen LogP contribution is 2.44. The smallest absolute Gasteiger partial charge is 0.407 e. The van der Waals surface area contributed by atoms with E-state index in [1.165, 1.54) is 11.1 Å². The van der Waals surface area contributed by atoms with Gasteiger partial charge in [0.25, 0.3) is 0 Å². The van der Waals surface area contributed by atoms with E-state index in [9.17, 15) is 14.4 Å². The molecule has 2 aliphatic carbocycles. The first kappa shape index (κ1) is 22.8. The Morgan fingerprint density at radius 2 is 1.70 bits per heavy atom. The zero-order chi connectivity index (χ0) is 23.4. The Bertz CT molecular complexity index is 991. The molecule has 0 bridgehead atoms. The summed E-state index contributed by atoms with van der Waals surface area (Å²) in [6, 6.07) is 16.0. The lowest BCUT2D eigenvalue weighted by Crippen LogP contribution is -2.40. The second kappa shape index (κ2) is 10.1. The van der Waals surface area contributed by atoms with Crippen LogP contribution in [-0.2, 0) is 14.3 Å². The molecule has 3 atom stereocenters. The van der Waals surface area contributed by atoms with Crippen LogP contribution in [0.3, 0.4) is 0 Å². The van der Waals surface area contributed by atoms with E-state index in [-0.39, 0.29) is 42.7 Å². The summed E-state index contributed by atoms with van der Waals surface area (Å²) < 4.78 is 5.60. The number of carboxylic acids is 1. The van der Waals surface area contributed by atoms with Crippen LogP contribution in [0.4, 0.5) is 4.79 Å². The number of nitrogens with one attached hydrogen (secondary N) is 2. The molecule has 2 aliphatic rings. The Morgan fingerprint density at radius 3 is 2.27 bits per heavy atom. The average molecular weight is 451 g/mol. The predicted molar refractivity (Wildman–Crippen MR) is 124 cm³/mol. The standard InChI is InChI=1S/C26H30N2O5/c1-2-7-17(13-24(29)27-14-16-12-22(16)25(30)31)28-26(32)33-15-23-20-10-5-3-8-18(20)19-9-4-6-11-21(19)23/h3-6,8-11,16-17,22-23H,2,7,12-15H2,1H3,(H,27,29)(H,28,32)(H,30,31)/t16?,17-,22?/m1/s1. The number of carboxylic acid groups (broad SMARTS) is 1. The second-order valence-electron chi connectivity index (χ2n) is 8.90. The lowest BCUT2D eigenvalue weighted by atomic mass is 9.98. The number of carbonyl (C=O) groups is 3. The maximum Gasteiger partial charge on any atom is 0.407 e. The van der Waals surface area contributed by atoms with Gasteiger partial charge in [-0.15, -0.1) is 0 Å². The third-order valence-corrected chi connectivity index (χ3v) is 6.54. The molecule has 33 heavy (non-hydrogen) atoms. The van der Waals surface area contributed by atoms with E-state index >= 15 is 0 Å². The molecule has 2 unspecified atom stereocenters. The second-order valence-corrected chi connectivity index (χ2v) is 8.90. The van der Waals surface area contributed by atoms with Gasteiger partial charge in [0, 0.05) is 24.9 Å². The number of fused-ring (bicyclic) bond motifs is 3. The molecule has 3 N–H and O–H groups in total. The molecule has 0 aromatic heterocycles. The molecule has 1 fully saturated rings. The van der Waals surface area contributed by atoms with Crippen molar-refractivity contribution in [1.29, 1.82) is 0 Å². The SMILES string of the molecule is CCC[C@H](CC(=O)NCC1CC1C(=O)O)NC(=O)OCC1c2ccccc2-c2ccccc21. The van der Waals surface area contributed by atoms with Gasteiger partial charge in [0.05, 0.1) is 5.92 Å². The van der Waals surface area contributed by atoms with Crippen molar-refractivity contribution in [2.24, 2.45) is 11.8 Å². The number of alkyl carbamates (subject to hydrolysis) is 1. The van der Waals surface area contributed by atoms with E-state index in [2.05, 4.69) is 34.9 Å². The molecule has 0 heterocycles. The van der Waals surface area contributed by atoms with Crippen LogP contribution in [0.1, 0.15) is 49.7 Å². The van der Waals surface area contributed by atoms with Gasteiger partial charge in [0.1, 0.15) is 6.61 Å². The van der Waals surface area contributed by atoms with Gasteiger partial charge >= 0.3 is 12.1 Å². The Balaban J connectivity index is 1.29. The van der Waals surface area contributed by atoms with E-state index in [1.807, 2.05) is 31.2 Å². The van der Waals surface area contributed by atoms with Crippen molar-refractivity contribution >= 4 is 18.0 Å². The molecule has 7 heteroatoms. The highest BCUT2D eigenvalue weighted by molar-refractivity contribution is 5.80. The zero-order valence-corrected chi connectivity index (χ0v) is 18.8. The van der Waals surface area contributed by atoms with E-state index in [0.717, 1.165) is 17.5 Å². The van der Waals surface area contributed by atoms with Crippen LogP contribution in [0.25, 0.3) is 11.1 Å². The van der Waals surface area contributed by atoms with Crippen molar-refractivity contribution in [3.63, 3.8) is 0 Å². The number of rotatable bonds is 10. The maximum absolute atomic E-state index is 12.6. The average Bonchev–Trinajstić information content (AvgIpc) is 3.52. The van der Waals surface area contributed by atoms with Crippen LogP contribution >= 0.6 is 0 Å². The summed E-state index contributed by atoms with van der Waals surface area (Å²) in [6.45, 7) is 2.58. The van der Waals surface area contributed by atoms with Crippen LogP contribution in [-0.4, -0.2) is 42.3 Å². The summed E-state index contributed by atoms with van der Waals surface area (Å²) in [5.74, 6) is -1.36. The molecular weight excluding hydrogens is 420 g/mol. The van der Waals surface area contributed by atoms with Crippen LogP contribution < -0.4 is 10.6 Å². The first-order valence-corrected chi connectivity index (χ1v) is 11.6. The van der Waals surface area contributed by atoms with Gasteiger partial charge < -0.3 is 20.5 Å². The molecule has 4 rings (SSSR count). The van der Waals surface area contributed by atoms with Gasteiger partial charge in [0.15, 0.2) is 0 Å². The summed E-state index contributed by atoms with van der Waals surface area (Å²) in [6.07, 6.45) is 1.68. The van der Waals surface area contributed by atoms with E-state index < -0.39 is 12.1 Å². The normalized spacial score (nSPS) is 19.2.